The highest BCUT2D eigenvalue weighted by atomic mass is 16.5. The van der Waals surface area contributed by atoms with E-state index in [-0.39, 0.29) is 18.3 Å². The van der Waals surface area contributed by atoms with E-state index in [1.165, 1.54) is 18.1 Å². The second-order valence-corrected chi connectivity index (χ2v) is 4.04. The van der Waals surface area contributed by atoms with Crippen molar-refractivity contribution < 1.29 is 19.1 Å². The number of esters is 1. The first-order chi connectivity index (χ1) is 10.1. The Bertz CT molecular complexity index is 653. The number of anilines is 1. The number of aromatic nitrogens is 3. The first-order valence-corrected chi connectivity index (χ1v) is 6.04. The van der Waals surface area contributed by atoms with E-state index in [9.17, 15) is 9.59 Å². The summed E-state index contributed by atoms with van der Waals surface area (Å²) in [6.07, 6.45) is 1.29. The van der Waals surface area contributed by atoms with E-state index in [0.29, 0.717) is 11.4 Å². The van der Waals surface area contributed by atoms with Crippen LogP contribution in [0.5, 0.6) is 5.75 Å². The third kappa shape index (κ3) is 3.78. The second-order valence-electron chi connectivity index (χ2n) is 4.04. The lowest BCUT2D eigenvalue weighted by molar-refractivity contribution is -0.116. The van der Waals surface area contributed by atoms with E-state index in [2.05, 4.69) is 20.1 Å². The number of hydrogen-bond acceptors (Lipinski definition) is 6. The van der Waals surface area contributed by atoms with Crippen molar-refractivity contribution in [3.8, 4) is 5.75 Å². The molecule has 0 aliphatic carbocycles. The van der Waals surface area contributed by atoms with Crippen molar-refractivity contribution in [1.82, 2.24) is 14.8 Å². The van der Waals surface area contributed by atoms with Crippen LogP contribution in [0.3, 0.4) is 0 Å². The van der Waals surface area contributed by atoms with Crippen LogP contribution in [0.2, 0.25) is 0 Å². The summed E-state index contributed by atoms with van der Waals surface area (Å²) in [4.78, 5) is 26.8. The third-order valence-electron chi connectivity index (χ3n) is 2.56. The molecule has 110 valence electrons. The number of methoxy groups -OCH3 is 2. The van der Waals surface area contributed by atoms with Crippen molar-refractivity contribution in [2.75, 3.05) is 19.5 Å². The minimum atomic E-state index is -0.651. The summed E-state index contributed by atoms with van der Waals surface area (Å²) in [5.41, 5.74) is 0.604. The van der Waals surface area contributed by atoms with Crippen LogP contribution >= 0.6 is 0 Å². The van der Waals surface area contributed by atoms with Gasteiger partial charge in [0.15, 0.2) is 0 Å². The molecule has 1 N–H and O–H groups in total. The Labute approximate surface area is 120 Å². The Morgan fingerprint density at radius 1 is 1.33 bits per heavy atom. The Kier molecular flexibility index (Phi) is 4.50. The number of hydrogen-bond donors (Lipinski definition) is 1. The molecular formula is C13H14N4O4. The maximum Gasteiger partial charge on any atom is 0.377 e. The van der Waals surface area contributed by atoms with Gasteiger partial charge in [0.25, 0.3) is 5.82 Å². The van der Waals surface area contributed by atoms with Crippen LogP contribution < -0.4 is 10.1 Å². The second kappa shape index (κ2) is 6.51. The molecule has 0 fully saturated rings. The average Bonchev–Trinajstić information content (AvgIpc) is 2.94. The third-order valence-corrected chi connectivity index (χ3v) is 2.56. The lowest BCUT2D eigenvalue weighted by atomic mass is 10.3. The Balaban J connectivity index is 1.98. The quantitative estimate of drug-likeness (QED) is 0.815. The van der Waals surface area contributed by atoms with Gasteiger partial charge < -0.3 is 14.8 Å². The van der Waals surface area contributed by atoms with Crippen LogP contribution in [-0.4, -0.2) is 40.9 Å². The van der Waals surface area contributed by atoms with Crippen LogP contribution in [0.4, 0.5) is 5.69 Å². The van der Waals surface area contributed by atoms with Crippen molar-refractivity contribution in [3.05, 3.63) is 36.4 Å². The van der Waals surface area contributed by atoms with Gasteiger partial charge in [-0.25, -0.2) is 14.5 Å². The normalized spacial score (nSPS) is 10.0. The van der Waals surface area contributed by atoms with Crippen molar-refractivity contribution >= 4 is 17.6 Å². The monoisotopic (exact) mass is 290 g/mol. The fourth-order valence-corrected chi connectivity index (χ4v) is 1.60. The maximum absolute atomic E-state index is 11.9. The fraction of sp³-hybridized carbons (Fsp3) is 0.231. The lowest BCUT2D eigenvalue weighted by Gasteiger charge is -2.06. The lowest BCUT2D eigenvalue weighted by Crippen LogP contribution is -2.19. The number of carbonyl (C=O) groups is 2. The topological polar surface area (TPSA) is 95.3 Å². The Hall–Kier alpha value is -2.90. The number of nitrogens with zero attached hydrogens (tertiary/aromatic N) is 3. The molecule has 0 saturated carbocycles. The first kappa shape index (κ1) is 14.5. The van der Waals surface area contributed by atoms with Gasteiger partial charge in [0.2, 0.25) is 5.91 Å². The number of carbonyl (C=O) groups excluding carboxylic acids is 2. The van der Waals surface area contributed by atoms with Crippen LogP contribution in [0.1, 0.15) is 10.6 Å². The SMILES string of the molecule is COC(=O)c1ncn(CC(=O)Nc2cccc(OC)c2)n1. The number of amides is 1. The van der Waals surface area contributed by atoms with E-state index >= 15 is 0 Å². The van der Waals surface area contributed by atoms with Crippen LogP contribution in [0.15, 0.2) is 30.6 Å². The van der Waals surface area contributed by atoms with Gasteiger partial charge in [-0.3, -0.25) is 4.79 Å². The largest absolute Gasteiger partial charge is 0.497 e. The zero-order valence-corrected chi connectivity index (χ0v) is 11.6. The minimum Gasteiger partial charge on any atom is -0.497 e. The molecule has 0 aliphatic rings. The average molecular weight is 290 g/mol. The smallest absolute Gasteiger partial charge is 0.377 e. The summed E-state index contributed by atoms with van der Waals surface area (Å²) in [5, 5.41) is 6.54. The molecular weight excluding hydrogens is 276 g/mol. The number of nitrogens with one attached hydrogen (secondary N) is 1. The van der Waals surface area contributed by atoms with Gasteiger partial charge in [0.1, 0.15) is 18.6 Å². The molecule has 1 aromatic heterocycles. The molecule has 0 spiro atoms. The number of ether oxygens (including phenoxy) is 2. The predicted molar refractivity (Wildman–Crippen MR) is 73.0 cm³/mol. The van der Waals surface area contributed by atoms with E-state index in [4.69, 9.17) is 4.74 Å². The molecule has 0 radical (unpaired) electrons. The van der Waals surface area contributed by atoms with Crippen LogP contribution in [0, 0.1) is 0 Å². The highest BCUT2D eigenvalue weighted by Gasteiger charge is 2.12. The first-order valence-electron chi connectivity index (χ1n) is 6.04. The van der Waals surface area contributed by atoms with E-state index < -0.39 is 5.97 Å². The van der Waals surface area contributed by atoms with Crippen molar-refractivity contribution in [2.24, 2.45) is 0 Å². The molecule has 8 heteroatoms. The molecule has 21 heavy (non-hydrogen) atoms. The van der Waals surface area contributed by atoms with Crippen LogP contribution in [-0.2, 0) is 16.1 Å². The molecule has 0 saturated heterocycles. The molecule has 1 aromatic carbocycles. The molecule has 0 atom stereocenters. The molecule has 2 rings (SSSR count). The van der Waals surface area contributed by atoms with Gasteiger partial charge in [-0.1, -0.05) is 6.07 Å². The Morgan fingerprint density at radius 2 is 2.14 bits per heavy atom. The van der Waals surface area contributed by atoms with E-state index in [0.717, 1.165) is 0 Å². The summed E-state index contributed by atoms with van der Waals surface area (Å²) >= 11 is 0. The van der Waals surface area contributed by atoms with Crippen molar-refractivity contribution in [1.29, 1.82) is 0 Å². The number of benzene rings is 1. The Morgan fingerprint density at radius 3 is 2.86 bits per heavy atom. The fourth-order valence-electron chi connectivity index (χ4n) is 1.60. The van der Waals surface area contributed by atoms with E-state index in [1.54, 1.807) is 31.4 Å². The van der Waals surface area contributed by atoms with Gasteiger partial charge in [-0.15, -0.1) is 5.10 Å². The van der Waals surface area contributed by atoms with Gasteiger partial charge in [0, 0.05) is 11.8 Å². The summed E-state index contributed by atoms with van der Waals surface area (Å²) in [5.74, 6) is -0.403. The minimum absolute atomic E-state index is 0.0682. The zero-order chi connectivity index (χ0) is 15.2. The summed E-state index contributed by atoms with van der Waals surface area (Å²) in [6.45, 7) is -0.0682. The van der Waals surface area contributed by atoms with Crippen molar-refractivity contribution in [3.63, 3.8) is 0 Å². The van der Waals surface area contributed by atoms with Gasteiger partial charge in [-0.2, -0.15) is 0 Å². The molecule has 0 bridgehead atoms. The summed E-state index contributed by atoms with van der Waals surface area (Å²) in [7, 11) is 2.78. The molecule has 0 unspecified atom stereocenters. The van der Waals surface area contributed by atoms with Gasteiger partial charge in [-0.05, 0) is 12.1 Å². The highest BCUT2D eigenvalue weighted by Crippen LogP contribution is 2.16. The molecule has 1 heterocycles. The standard InChI is InChI=1S/C13H14N4O4/c1-20-10-5-3-4-9(6-10)15-11(18)7-17-8-14-12(16-17)13(19)21-2/h3-6,8H,7H2,1-2H3,(H,15,18). The molecule has 2 aromatic rings. The van der Waals surface area contributed by atoms with Gasteiger partial charge >= 0.3 is 5.97 Å². The summed E-state index contributed by atoms with van der Waals surface area (Å²) in [6, 6.07) is 6.97. The van der Waals surface area contributed by atoms with Crippen LogP contribution in [0.25, 0.3) is 0 Å². The molecule has 0 aliphatic heterocycles. The maximum atomic E-state index is 11.9. The van der Waals surface area contributed by atoms with E-state index in [1.807, 2.05) is 0 Å². The predicted octanol–water partition coefficient (Wildman–Crippen LogP) is 0.712. The zero-order valence-electron chi connectivity index (χ0n) is 11.6. The van der Waals surface area contributed by atoms with Gasteiger partial charge in [0.05, 0.1) is 14.2 Å². The highest BCUT2D eigenvalue weighted by molar-refractivity contribution is 5.90. The molecule has 8 nitrogen and oxygen atoms in total. The van der Waals surface area contributed by atoms with Crippen molar-refractivity contribution in [2.45, 2.75) is 6.54 Å². The molecule has 1 amide bonds. The number of rotatable bonds is 5. The summed E-state index contributed by atoms with van der Waals surface area (Å²) < 4.78 is 10.8.